The maximum Gasteiger partial charge on any atom is 0.174 e. The molecule has 0 aliphatic carbocycles. The molecule has 1 saturated heterocycles. The van der Waals surface area contributed by atoms with Crippen LogP contribution in [-0.2, 0) is 0 Å². The molecule has 1 fully saturated rings. The first kappa shape index (κ1) is 22.7. The average molecular weight is 535 g/mol. The van der Waals surface area contributed by atoms with Crippen molar-refractivity contribution in [3.8, 4) is 5.69 Å². The highest BCUT2D eigenvalue weighted by Gasteiger charge is 2.42. The van der Waals surface area contributed by atoms with Crippen molar-refractivity contribution in [2.24, 2.45) is 0 Å². The Bertz CT molecular complexity index is 1370. The first-order chi connectivity index (χ1) is 16.3. The van der Waals surface area contributed by atoms with Crippen molar-refractivity contribution in [1.82, 2.24) is 14.9 Å². The molecule has 0 saturated carbocycles. The molecule has 4 nitrogen and oxygen atoms in total. The molecule has 0 unspecified atom stereocenters. The molecule has 0 bridgehead atoms. The lowest BCUT2D eigenvalue weighted by atomic mass is 9.96. The SMILES string of the molecule is Cc1cc(N2C(=S)N[C@@H](c3ccccn3)[C@@H]2c2cc(C)n(-c3ccc(Br)cc3)c2C)ccc1F. The van der Waals surface area contributed by atoms with Crippen LogP contribution in [0, 0.1) is 26.6 Å². The Morgan fingerprint density at radius 1 is 0.971 bits per heavy atom. The Balaban J connectivity index is 1.68. The number of aryl methyl sites for hydroxylation is 2. The number of aromatic nitrogens is 2. The van der Waals surface area contributed by atoms with Crippen LogP contribution >= 0.6 is 28.1 Å². The second-order valence-corrected chi connectivity index (χ2v) is 9.87. The summed E-state index contributed by atoms with van der Waals surface area (Å²) in [5, 5.41) is 4.09. The number of anilines is 1. The van der Waals surface area contributed by atoms with E-state index in [-0.39, 0.29) is 17.9 Å². The van der Waals surface area contributed by atoms with Gasteiger partial charge in [0.15, 0.2) is 5.11 Å². The largest absolute Gasteiger partial charge is 0.351 e. The Morgan fingerprint density at radius 3 is 2.38 bits per heavy atom. The summed E-state index contributed by atoms with van der Waals surface area (Å²) in [5.74, 6) is -0.229. The fourth-order valence-corrected chi connectivity index (χ4v) is 5.41. The Kier molecular flexibility index (Phi) is 6.00. The van der Waals surface area contributed by atoms with Gasteiger partial charge in [0.25, 0.3) is 0 Å². The normalized spacial score (nSPS) is 17.8. The lowest BCUT2D eigenvalue weighted by molar-refractivity contribution is 0.564. The van der Waals surface area contributed by atoms with E-state index in [1.807, 2.05) is 36.4 Å². The van der Waals surface area contributed by atoms with Crippen LogP contribution in [0.25, 0.3) is 5.69 Å². The quantitative estimate of drug-likeness (QED) is 0.289. The minimum absolute atomic E-state index is 0.150. The molecule has 0 radical (unpaired) electrons. The van der Waals surface area contributed by atoms with Crippen LogP contribution in [0.4, 0.5) is 10.1 Å². The Hall–Kier alpha value is -3.03. The summed E-state index contributed by atoms with van der Waals surface area (Å²) in [7, 11) is 0. The minimum Gasteiger partial charge on any atom is -0.351 e. The summed E-state index contributed by atoms with van der Waals surface area (Å²) in [6.07, 6.45) is 1.80. The maximum atomic E-state index is 14.1. The fraction of sp³-hybridized carbons (Fsp3) is 0.185. The van der Waals surface area contributed by atoms with Crippen molar-refractivity contribution in [2.75, 3.05) is 4.90 Å². The smallest absolute Gasteiger partial charge is 0.174 e. The molecule has 0 amide bonds. The monoisotopic (exact) mass is 534 g/mol. The molecular formula is C27H24BrFN4S. The summed E-state index contributed by atoms with van der Waals surface area (Å²) < 4.78 is 17.4. The van der Waals surface area contributed by atoms with Crippen LogP contribution in [0.1, 0.15) is 40.3 Å². The average Bonchev–Trinajstić information content (AvgIpc) is 3.32. The van der Waals surface area contributed by atoms with Crippen molar-refractivity contribution in [3.05, 3.63) is 111 Å². The number of hydrogen-bond acceptors (Lipinski definition) is 2. The van der Waals surface area contributed by atoms with Gasteiger partial charge in [-0.25, -0.2) is 4.39 Å². The van der Waals surface area contributed by atoms with E-state index in [1.165, 1.54) is 6.07 Å². The first-order valence-electron chi connectivity index (χ1n) is 11.1. The lowest BCUT2D eigenvalue weighted by Crippen LogP contribution is -2.29. The molecule has 2 atom stereocenters. The van der Waals surface area contributed by atoms with Gasteiger partial charge in [-0.1, -0.05) is 22.0 Å². The molecule has 4 aromatic rings. The lowest BCUT2D eigenvalue weighted by Gasteiger charge is -2.28. The molecule has 34 heavy (non-hydrogen) atoms. The molecule has 1 aliphatic heterocycles. The van der Waals surface area contributed by atoms with E-state index in [0.717, 1.165) is 38.5 Å². The van der Waals surface area contributed by atoms with Crippen LogP contribution in [-0.4, -0.2) is 14.7 Å². The summed E-state index contributed by atoms with van der Waals surface area (Å²) in [6.45, 7) is 6.02. The van der Waals surface area contributed by atoms with Gasteiger partial charge in [-0.2, -0.15) is 0 Å². The molecule has 172 valence electrons. The first-order valence-corrected chi connectivity index (χ1v) is 12.3. The highest BCUT2D eigenvalue weighted by atomic mass is 79.9. The molecule has 1 aliphatic rings. The van der Waals surface area contributed by atoms with Gasteiger partial charge in [0.2, 0.25) is 0 Å². The molecule has 7 heteroatoms. The van der Waals surface area contributed by atoms with Crippen LogP contribution in [0.3, 0.4) is 0 Å². The zero-order valence-corrected chi connectivity index (χ0v) is 21.5. The number of hydrogen-bond donors (Lipinski definition) is 1. The highest BCUT2D eigenvalue weighted by molar-refractivity contribution is 9.10. The third kappa shape index (κ3) is 3.93. The van der Waals surface area contributed by atoms with Gasteiger partial charge < -0.3 is 14.8 Å². The summed E-state index contributed by atoms with van der Waals surface area (Å²) in [4.78, 5) is 6.73. The Morgan fingerprint density at radius 2 is 1.71 bits per heavy atom. The van der Waals surface area contributed by atoms with Gasteiger partial charge in [0.05, 0.1) is 17.8 Å². The third-order valence-electron chi connectivity index (χ3n) is 6.39. The van der Waals surface area contributed by atoms with E-state index in [0.29, 0.717) is 10.7 Å². The van der Waals surface area contributed by atoms with Gasteiger partial charge in [0.1, 0.15) is 5.82 Å². The van der Waals surface area contributed by atoms with Crippen molar-refractivity contribution >= 4 is 38.9 Å². The summed E-state index contributed by atoms with van der Waals surface area (Å²) in [5.41, 5.74) is 6.84. The van der Waals surface area contributed by atoms with E-state index >= 15 is 0 Å². The highest BCUT2D eigenvalue weighted by Crippen LogP contribution is 2.44. The van der Waals surface area contributed by atoms with E-state index < -0.39 is 0 Å². The fourth-order valence-electron chi connectivity index (χ4n) is 4.80. The predicted molar refractivity (Wildman–Crippen MR) is 142 cm³/mol. The minimum atomic E-state index is -0.229. The van der Waals surface area contributed by atoms with E-state index in [4.69, 9.17) is 12.2 Å². The second-order valence-electron chi connectivity index (χ2n) is 8.57. The standard InChI is InChI=1S/C27H24BrFN4S/c1-16-14-21(11-12-23(16)29)33-26(25(31-27(33)34)24-6-4-5-13-30-24)22-15-17(2)32(18(22)3)20-9-7-19(28)8-10-20/h4-15,25-26H,1-3H3,(H,31,34)/t25-,26-/m0/s1. The number of nitrogens with one attached hydrogen (secondary N) is 1. The molecular weight excluding hydrogens is 511 g/mol. The molecule has 2 aromatic carbocycles. The molecule has 2 aromatic heterocycles. The van der Waals surface area contributed by atoms with Crippen molar-refractivity contribution in [1.29, 1.82) is 0 Å². The van der Waals surface area contributed by atoms with E-state index in [1.54, 1.807) is 19.2 Å². The summed E-state index contributed by atoms with van der Waals surface area (Å²) in [6, 6.07) is 21.3. The predicted octanol–water partition coefficient (Wildman–Crippen LogP) is 6.88. The van der Waals surface area contributed by atoms with Crippen LogP contribution in [0.2, 0.25) is 0 Å². The zero-order chi connectivity index (χ0) is 24.0. The molecule has 5 rings (SSSR count). The van der Waals surface area contributed by atoms with Crippen LogP contribution in [0.5, 0.6) is 0 Å². The molecule has 0 spiro atoms. The number of benzene rings is 2. The number of nitrogens with zero attached hydrogens (tertiary/aromatic N) is 3. The van der Waals surface area contributed by atoms with Gasteiger partial charge in [-0.15, -0.1) is 0 Å². The number of thiocarbonyl (C=S) groups is 1. The van der Waals surface area contributed by atoms with Gasteiger partial charge >= 0.3 is 0 Å². The number of rotatable bonds is 4. The van der Waals surface area contributed by atoms with Gasteiger partial charge in [-0.3, -0.25) is 4.98 Å². The van der Waals surface area contributed by atoms with Crippen molar-refractivity contribution < 1.29 is 4.39 Å². The molecule has 1 N–H and O–H groups in total. The van der Waals surface area contributed by atoms with Crippen molar-refractivity contribution in [2.45, 2.75) is 32.9 Å². The van der Waals surface area contributed by atoms with Gasteiger partial charge in [-0.05, 0) is 105 Å². The second kappa shape index (κ2) is 8.96. The topological polar surface area (TPSA) is 33.1 Å². The maximum absolute atomic E-state index is 14.1. The van der Waals surface area contributed by atoms with Crippen LogP contribution in [0.15, 0.2) is 77.4 Å². The number of halogens is 2. The van der Waals surface area contributed by atoms with Crippen molar-refractivity contribution in [3.63, 3.8) is 0 Å². The van der Waals surface area contributed by atoms with E-state index in [9.17, 15) is 4.39 Å². The third-order valence-corrected chi connectivity index (χ3v) is 7.23. The number of pyridine rings is 1. The van der Waals surface area contributed by atoms with E-state index in [2.05, 4.69) is 67.7 Å². The summed E-state index contributed by atoms with van der Waals surface area (Å²) >= 11 is 9.35. The Labute approximate surface area is 212 Å². The van der Waals surface area contributed by atoms with Crippen LogP contribution < -0.4 is 10.2 Å². The van der Waals surface area contributed by atoms with Gasteiger partial charge in [0, 0.05) is 33.4 Å². The molecule has 3 heterocycles. The zero-order valence-electron chi connectivity index (χ0n) is 19.1.